The molecule has 0 aliphatic heterocycles. The van der Waals surface area contributed by atoms with E-state index in [9.17, 15) is 4.79 Å². The molecule has 0 fully saturated rings. The molecule has 0 heterocycles. The Morgan fingerprint density at radius 3 is 2.11 bits per heavy atom. The van der Waals surface area contributed by atoms with Crippen molar-refractivity contribution in [3.05, 3.63) is 29.3 Å². The van der Waals surface area contributed by atoms with Gasteiger partial charge >= 0.3 is 12.1 Å². The van der Waals surface area contributed by atoms with Crippen LogP contribution in [0.5, 0.6) is 0 Å². The maximum Gasteiger partial charge on any atom is 0.345 e. The number of amides is 4. The van der Waals surface area contributed by atoms with Gasteiger partial charge in [-0.3, -0.25) is 4.84 Å². The number of anilines is 1. The van der Waals surface area contributed by atoms with Crippen molar-refractivity contribution in [2.75, 3.05) is 19.5 Å². The zero-order valence-electron chi connectivity index (χ0n) is 10.0. The lowest BCUT2D eigenvalue weighted by Crippen LogP contribution is -2.30. The van der Waals surface area contributed by atoms with Gasteiger partial charge in [0.1, 0.15) is 0 Å². The summed E-state index contributed by atoms with van der Waals surface area (Å²) in [5.41, 5.74) is 9.17. The Balaban J connectivity index is 0.000000631. The van der Waals surface area contributed by atoms with Crippen molar-refractivity contribution in [1.82, 2.24) is 5.06 Å². The van der Waals surface area contributed by atoms with E-state index in [2.05, 4.69) is 16.8 Å². The molecule has 0 aromatic heterocycles. The Kier molecular flexibility index (Phi) is 7.25. The first-order valence-electron chi connectivity index (χ1n) is 4.76. The number of carbonyl (C=O) groups is 2. The highest BCUT2D eigenvalue weighted by Crippen LogP contribution is 2.13. The number of rotatable bonds is 2. The summed E-state index contributed by atoms with van der Waals surface area (Å²) in [7, 11) is 2.94. The second kappa shape index (κ2) is 8.15. The number of hydrogen-bond acceptors (Lipinski definition) is 3. The summed E-state index contributed by atoms with van der Waals surface area (Å²) in [6.07, 6.45) is 0. The Morgan fingerprint density at radius 1 is 1.28 bits per heavy atom. The highest BCUT2D eigenvalue weighted by Gasteiger charge is 2.06. The first-order valence-corrected chi connectivity index (χ1v) is 5.14. The number of nitrogens with two attached hydrogens (primary N) is 2. The number of hydroxylamine groups is 2. The molecule has 8 heteroatoms. The number of halogens is 1. The molecule has 0 bridgehead atoms. The molecule has 0 saturated heterocycles. The highest BCUT2D eigenvalue weighted by atomic mass is 35.5. The van der Waals surface area contributed by atoms with Gasteiger partial charge in [-0.2, -0.15) is 0 Å². The van der Waals surface area contributed by atoms with Crippen LogP contribution in [-0.4, -0.2) is 31.3 Å². The summed E-state index contributed by atoms with van der Waals surface area (Å²) >= 11 is 5.69. The third-order valence-corrected chi connectivity index (χ3v) is 1.91. The van der Waals surface area contributed by atoms with Crippen LogP contribution in [0.1, 0.15) is 0 Å². The molecule has 7 nitrogen and oxygen atoms in total. The molecule has 0 radical (unpaired) electrons. The standard InChI is InChI=1S/C9H11ClN2O2.CH4N2O/c1-12(14-2)9(13)11-8-5-3-7(10)4-6-8;2-1(3)4/h3-6H,1-2H3,(H,11,13);(H4,2,3,4). The molecule has 1 aromatic carbocycles. The lowest BCUT2D eigenvalue weighted by molar-refractivity contribution is -0.0598. The molecular weight excluding hydrogens is 260 g/mol. The maximum atomic E-state index is 11.3. The second-order valence-electron chi connectivity index (χ2n) is 3.02. The molecule has 4 amide bonds. The number of benzene rings is 1. The van der Waals surface area contributed by atoms with Gasteiger partial charge in [0.2, 0.25) is 0 Å². The highest BCUT2D eigenvalue weighted by molar-refractivity contribution is 6.30. The van der Waals surface area contributed by atoms with Crippen molar-refractivity contribution in [1.29, 1.82) is 0 Å². The van der Waals surface area contributed by atoms with E-state index in [1.807, 2.05) is 0 Å². The van der Waals surface area contributed by atoms with Crippen molar-refractivity contribution >= 4 is 29.4 Å². The monoisotopic (exact) mass is 274 g/mol. The van der Waals surface area contributed by atoms with Gasteiger partial charge in [0.05, 0.1) is 7.11 Å². The molecule has 18 heavy (non-hydrogen) atoms. The van der Waals surface area contributed by atoms with E-state index in [4.69, 9.17) is 21.2 Å². The number of primary amides is 2. The van der Waals surface area contributed by atoms with Gasteiger partial charge in [0.15, 0.2) is 0 Å². The van der Waals surface area contributed by atoms with E-state index in [1.165, 1.54) is 14.2 Å². The van der Waals surface area contributed by atoms with Crippen molar-refractivity contribution < 1.29 is 14.4 Å². The number of nitrogens with zero attached hydrogens (tertiary/aromatic N) is 1. The van der Waals surface area contributed by atoms with Crippen LogP contribution in [0.15, 0.2) is 24.3 Å². The van der Waals surface area contributed by atoms with Gasteiger partial charge in [0.25, 0.3) is 0 Å². The van der Waals surface area contributed by atoms with Gasteiger partial charge in [0, 0.05) is 17.8 Å². The fourth-order valence-corrected chi connectivity index (χ4v) is 0.944. The van der Waals surface area contributed by atoms with Crippen LogP contribution in [0, 0.1) is 0 Å². The SMILES string of the molecule is CON(C)C(=O)Nc1ccc(Cl)cc1.NC(N)=O. The number of carbonyl (C=O) groups excluding carboxylic acids is 2. The summed E-state index contributed by atoms with van der Waals surface area (Å²) < 4.78 is 0. The van der Waals surface area contributed by atoms with Crippen LogP contribution in [0.3, 0.4) is 0 Å². The minimum absolute atomic E-state index is 0.338. The molecule has 0 atom stereocenters. The van der Waals surface area contributed by atoms with Crippen LogP contribution in [0.25, 0.3) is 0 Å². The van der Waals surface area contributed by atoms with E-state index in [0.717, 1.165) is 5.06 Å². The van der Waals surface area contributed by atoms with Gasteiger partial charge in [-0.15, -0.1) is 0 Å². The molecular formula is C10H15ClN4O3. The zero-order chi connectivity index (χ0) is 14.1. The first-order chi connectivity index (χ1) is 8.36. The summed E-state index contributed by atoms with van der Waals surface area (Å²) in [4.78, 5) is 25.0. The summed E-state index contributed by atoms with van der Waals surface area (Å²) in [5, 5.41) is 4.34. The lowest BCUT2D eigenvalue weighted by atomic mass is 10.3. The zero-order valence-corrected chi connectivity index (χ0v) is 10.8. The fourth-order valence-electron chi connectivity index (χ4n) is 0.818. The third-order valence-electron chi connectivity index (χ3n) is 1.66. The smallest absolute Gasteiger partial charge is 0.345 e. The molecule has 0 aliphatic rings. The van der Waals surface area contributed by atoms with E-state index >= 15 is 0 Å². The van der Waals surface area contributed by atoms with Crippen molar-refractivity contribution in [2.24, 2.45) is 11.5 Å². The maximum absolute atomic E-state index is 11.3. The van der Waals surface area contributed by atoms with E-state index in [-0.39, 0.29) is 6.03 Å². The van der Waals surface area contributed by atoms with Crippen molar-refractivity contribution in [2.45, 2.75) is 0 Å². The van der Waals surface area contributed by atoms with Crippen LogP contribution >= 0.6 is 11.6 Å². The molecule has 1 aromatic rings. The molecule has 0 saturated carbocycles. The predicted molar refractivity (Wildman–Crippen MR) is 69.0 cm³/mol. The Hall–Kier alpha value is -1.99. The number of urea groups is 2. The summed E-state index contributed by atoms with van der Waals surface area (Å²) in [5.74, 6) is 0. The normalized spacial score (nSPS) is 8.83. The summed E-state index contributed by atoms with van der Waals surface area (Å²) in [6, 6.07) is 5.65. The Bertz CT molecular complexity index is 393. The van der Waals surface area contributed by atoms with Crippen LogP contribution in [0.4, 0.5) is 15.3 Å². The molecule has 5 N–H and O–H groups in total. The van der Waals surface area contributed by atoms with Gasteiger partial charge < -0.3 is 16.8 Å². The summed E-state index contributed by atoms with van der Waals surface area (Å²) in [6.45, 7) is 0. The fraction of sp³-hybridized carbons (Fsp3) is 0.200. The van der Waals surface area contributed by atoms with Gasteiger partial charge in [-0.05, 0) is 24.3 Å². The minimum atomic E-state index is -0.833. The molecule has 100 valence electrons. The lowest BCUT2D eigenvalue weighted by Gasteiger charge is -2.14. The van der Waals surface area contributed by atoms with E-state index < -0.39 is 6.03 Å². The van der Waals surface area contributed by atoms with Crippen LogP contribution < -0.4 is 16.8 Å². The average molecular weight is 275 g/mol. The topological polar surface area (TPSA) is 111 Å². The quantitative estimate of drug-likeness (QED) is 0.709. The molecule has 0 spiro atoms. The largest absolute Gasteiger partial charge is 0.352 e. The van der Waals surface area contributed by atoms with Crippen LogP contribution in [-0.2, 0) is 4.84 Å². The van der Waals surface area contributed by atoms with Gasteiger partial charge in [-0.1, -0.05) is 11.6 Å². The van der Waals surface area contributed by atoms with E-state index in [0.29, 0.717) is 10.7 Å². The molecule has 1 rings (SSSR count). The van der Waals surface area contributed by atoms with Crippen molar-refractivity contribution in [3.8, 4) is 0 Å². The number of nitrogens with one attached hydrogen (secondary N) is 1. The number of hydrogen-bond donors (Lipinski definition) is 3. The molecule has 0 unspecified atom stereocenters. The van der Waals surface area contributed by atoms with Crippen LogP contribution in [0.2, 0.25) is 5.02 Å². The average Bonchev–Trinajstić information content (AvgIpc) is 2.30. The minimum Gasteiger partial charge on any atom is -0.352 e. The molecule has 0 aliphatic carbocycles. The first kappa shape index (κ1) is 16.0. The Morgan fingerprint density at radius 2 is 1.72 bits per heavy atom. The van der Waals surface area contributed by atoms with Crippen molar-refractivity contribution in [3.63, 3.8) is 0 Å². The third kappa shape index (κ3) is 7.31. The van der Waals surface area contributed by atoms with E-state index in [1.54, 1.807) is 24.3 Å². The second-order valence-corrected chi connectivity index (χ2v) is 3.46. The van der Waals surface area contributed by atoms with Gasteiger partial charge in [-0.25, -0.2) is 14.7 Å². The predicted octanol–water partition coefficient (Wildman–Crippen LogP) is 1.39. The Labute approximate surface area is 110 Å².